The van der Waals surface area contributed by atoms with Crippen molar-refractivity contribution in [3.05, 3.63) is 95.1 Å². The van der Waals surface area contributed by atoms with E-state index in [-0.39, 0.29) is 23.8 Å². The number of aromatic nitrogens is 4. The van der Waals surface area contributed by atoms with Gasteiger partial charge in [0, 0.05) is 22.5 Å². The van der Waals surface area contributed by atoms with Gasteiger partial charge < -0.3 is 11.1 Å². The number of H-pyrrole nitrogens is 1. The maximum absolute atomic E-state index is 13.4. The molecule has 0 aliphatic rings. The molecule has 0 aliphatic heterocycles. The van der Waals surface area contributed by atoms with Gasteiger partial charge in [-0.25, -0.2) is 4.79 Å². The zero-order chi connectivity index (χ0) is 27.3. The van der Waals surface area contributed by atoms with Crippen molar-refractivity contribution >= 4 is 35.2 Å². The number of carbonyl (C=O) groups excluding carboxylic acids is 3. The molecule has 1 heterocycles. The molecule has 0 spiro atoms. The Morgan fingerprint density at radius 3 is 2.24 bits per heavy atom. The summed E-state index contributed by atoms with van der Waals surface area (Å²) in [4.78, 5) is 39.0. The lowest BCUT2D eigenvalue weighted by molar-refractivity contribution is 0.0997. The van der Waals surface area contributed by atoms with Crippen LogP contribution in [0, 0.1) is 0 Å². The number of nitrogens with zero attached hydrogens (tertiary/aromatic N) is 4. The third-order valence-corrected chi connectivity index (χ3v) is 5.82. The van der Waals surface area contributed by atoms with Gasteiger partial charge in [-0.05, 0) is 64.2 Å². The molecule has 3 aromatic carbocycles. The Kier molecular flexibility index (Phi) is 7.47. The van der Waals surface area contributed by atoms with E-state index >= 15 is 0 Å². The van der Waals surface area contributed by atoms with Gasteiger partial charge in [0.15, 0.2) is 0 Å². The highest BCUT2D eigenvalue weighted by molar-refractivity contribution is 6.04. The van der Waals surface area contributed by atoms with Crippen molar-refractivity contribution in [1.29, 1.82) is 0 Å². The minimum absolute atomic E-state index is 0.0429. The first-order valence-electron chi connectivity index (χ1n) is 11.8. The topological polar surface area (TPSA) is 159 Å². The average molecular weight is 513 g/mol. The van der Waals surface area contributed by atoms with Gasteiger partial charge in [0.1, 0.15) is 0 Å². The first-order valence-corrected chi connectivity index (χ1v) is 11.8. The molecule has 0 saturated carbocycles. The highest BCUT2D eigenvalue weighted by atomic mass is 16.2. The number of hydrogen-bond acceptors (Lipinski definition) is 6. The van der Waals surface area contributed by atoms with Crippen molar-refractivity contribution in [2.75, 3.05) is 15.5 Å². The molecule has 0 atom stereocenters. The summed E-state index contributed by atoms with van der Waals surface area (Å²) < 4.78 is 0. The number of urea groups is 1. The number of tetrazole rings is 1. The molecule has 0 radical (unpaired) electrons. The molecule has 5 N–H and O–H groups in total. The van der Waals surface area contributed by atoms with Crippen LogP contribution in [0.5, 0.6) is 0 Å². The van der Waals surface area contributed by atoms with Gasteiger partial charge in [0.2, 0.25) is 5.91 Å². The predicted molar refractivity (Wildman–Crippen MR) is 144 cm³/mol. The molecule has 0 fully saturated rings. The van der Waals surface area contributed by atoms with Crippen molar-refractivity contribution in [2.45, 2.75) is 32.7 Å². The fourth-order valence-electron chi connectivity index (χ4n) is 3.70. The lowest BCUT2D eigenvalue weighted by atomic mass is 9.87. The SMILES string of the molecule is CC(C)(C)c1ccc(N(Cc2ccc(C(=O)Nc3nn[nH]n3)cc2)C(=O)Nc2cccc(C(N)=O)c2)cc1. The molecule has 4 aromatic rings. The van der Waals surface area contributed by atoms with E-state index in [4.69, 9.17) is 5.73 Å². The Morgan fingerprint density at radius 2 is 1.63 bits per heavy atom. The zero-order valence-corrected chi connectivity index (χ0v) is 21.2. The molecular weight excluding hydrogens is 484 g/mol. The van der Waals surface area contributed by atoms with Gasteiger partial charge in [-0.1, -0.05) is 56.2 Å². The van der Waals surface area contributed by atoms with Crippen LogP contribution in [-0.4, -0.2) is 38.5 Å². The van der Waals surface area contributed by atoms with Crippen LogP contribution in [0.4, 0.5) is 22.1 Å². The summed E-state index contributed by atoms with van der Waals surface area (Å²) in [6.07, 6.45) is 0. The third-order valence-electron chi connectivity index (χ3n) is 5.82. The minimum Gasteiger partial charge on any atom is -0.366 e. The summed E-state index contributed by atoms with van der Waals surface area (Å²) in [5, 5.41) is 18.5. The van der Waals surface area contributed by atoms with Crippen LogP contribution in [0.3, 0.4) is 0 Å². The number of aromatic amines is 1. The van der Waals surface area contributed by atoms with E-state index in [1.807, 2.05) is 24.3 Å². The molecule has 4 rings (SSSR count). The number of nitrogens with one attached hydrogen (secondary N) is 3. The van der Waals surface area contributed by atoms with Crippen LogP contribution in [0.2, 0.25) is 0 Å². The van der Waals surface area contributed by atoms with Gasteiger partial charge in [0.05, 0.1) is 6.54 Å². The Hall–Kier alpha value is -5.06. The van der Waals surface area contributed by atoms with Crippen molar-refractivity contribution in [2.24, 2.45) is 5.73 Å². The molecule has 0 saturated heterocycles. The van der Waals surface area contributed by atoms with Crippen molar-refractivity contribution in [3.63, 3.8) is 0 Å². The largest absolute Gasteiger partial charge is 0.366 e. The Morgan fingerprint density at radius 1 is 0.921 bits per heavy atom. The Bertz CT molecular complexity index is 1430. The maximum atomic E-state index is 13.4. The van der Waals surface area contributed by atoms with Crippen molar-refractivity contribution in [1.82, 2.24) is 20.6 Å². The summed E-state index contributed by atoms with van der Waals surface area (Å²) in [5.74, 6) is -0.903. The van der Waals surface area contributed by atoms with Crippen LogP contribution >= 0.6 is 0 Å². The molecule has 0 unspecified atom stereocenters. The number of primary amides is 1. The Balaban J connectivity index is 1.57. The molecule has 38 heavy (non-hydrogen) atoms. The average Bonchev–Trinajstić information content (AvgIpc) is 3.40. The Labute approximate surface area is 219 Å². The molecule has 4 amide bonds. The first kappa shape index (κ1) is 26.0. The number of amides is 4. The van der Waals surface area contributed by atoms with Crippen LogP contribution in [0.15, 0.2) is 72.8 Å². The van der Waals surface area contributed by atoms with E-state index in [0.29, 0.717) is 22.5 Å². The van der Waals surface area contributed by atoms with Gasteiger partial charge >= 0.3 is 6.03 Å². The summed E-state index contributed by atoms with van der Waals surface area (Å²) >= 11 is 0. The number of nitrogens with two attached hydrogens (primary N) is 1. The fraction of sp³-hybridized carbons (Fsp3) is 0.185. The fourth-order valence-corrected chi connectivity index (χ4v) is 3.70. The van der Waals surface area contributed by atoms with E-state index in [2.05, 4.69) is 52.0 Å². The summed E-state index contributed by atoms with van der Waals surface area (Å²) in [7, 11) is 0. The second kappa shape index (κ2) is 10.9. The van der Waals surface area contributed by atoms with E-state index in [1.165, 1.54) is 6.07 Å². The molecule has 194 valence electrons. The number of anilines is 3. The second-order valence-electron chi connectivity index (χ2n) is 9.64. The molecule has 0 aliphatic carbocycles. The molecular formula is C27H28N8O3. The second-order valence-corrected chi connectivity index (χ2v) is 9.64. The van der Waals surface area contributed by atoms with Gasteiger partial charge in [0.25, 0.3) is 11.9 Å². The van der Waals surface area contributed by atoms with Gasteiger partial charge in [-0.2, -0.15) is 5.21 Å². The third kappa shape index (κ3) is 6.38. The summed E-state index contributed by atoms with van der Waals surface area (Å²) in [5.41, 5.74) is 9.08. The van der Waals surface area contributed by atoms with Crippen LogP contribution in [0.25, 0.3) is 0 Å². The zero-order valence-electron chi connectivity index (χ0n) is 21.2. The lowest BCUT2D eigenvalue weighted by Crippen LogP contribution is -2.34. The normalized spacial score (nSPS) is 11.0. The van der Waals surface area contributed by atoms with Crippen LogP contribution in [-0.2, 0) is 12.0 Å². The molecule has 0 bridgehead atoms. The van der Waals surface area contributed by atoms with E-state index in [0.717, 1.165) is 11.1 Å². The molecule has 11 nitrogen and oxygen atoms in total. The van der Waals surface area contributed by atoms with E-state index in [1.54, 1.807) is 47.4 Å². The smallest absolute Gasteiger partial charge is 0.326 e. The van der Waals surface area contributed by atoms with E-state index < -0.39 is 11.9 Å². The quantitative estimate of drug-likeness (QED) is 0.292. The maximum Gasteiger partial charge on any atom is 0.326 e. The van der Waals surface area contributed by atoms with E-state index in [9.17, 15) is 14.4 Å². The first-order chi connectivity index (χ1) is 18.1. The molecule has 1 aromatic heterocycles. The van der Waals surface area contributed by atoms with Gasteiger partial charge in [-0.15, -0.1) is 5.10 Å². The summed E-state index contributed by atoms with van der Waals surface area (Å²) in [6, 6.07) is 20.7. The standard InChI is InChI=1S/C27H28N8O3/c1-27(2,3)20-11-13-22(14-12-20)35(26(38)29-21-6-4-5-19(15-21)23(28)36)16-17-7-9-18(10-8-17)24(37)30-25-31-33-34-32-25/h4-15H,16H2,1-3H3,(H2,28,36)(H,29,38)(H2,30,31,32,33,34,37). The highest BCUT2D eigenvalue weighted by Crippen LogP contribution is 2.26. The van der Waals surface area contributed by atoms with Crippen LogP contribution < -0.4 is 21.3 Å². The number of hydrogen-bond donors (Lipinski definition) is 4. The number of benzene rings is 3. The summed E-state index contributed by atoms with van der Waals surface area (Å²) in [6.45, 7) is 6.58. The monoisotopic (exact) mass is 512 g/mol. The number of carbonyl (C=O) groups is 3. The van der Waals surface area contributed by atoms with Crippen molar-refractivity contribution in [3.8, 4) is 0 Å². The lowest BCUT2D eigenvalue weighted by Gasteiger charge is -2.25. The van der Waals surface area contributed by atoms with Gasteiger partial charge in [-0.3, -0.25) is 19.8 Å². The predicted octanol–water partition coefficient (Wildman–Crippen LogP) is 4.09. The number of rotatable bonds is 7. The van der Waals surface area contributed by atoms with Crippen molar-refractivity contribution < 1.29 is 14.4 Å². The minimum atomic E-state index is -0.584. The molecule has 11 heteroatoms. The van der Waals surface area contributed by atoms with Crippen LogP contribution in [0.1, 0.15) is 52.6 Å². The highest BCUT2D eigenvalue weighted by Gasteiger charge is 2.20.